The lowest BCUT2D eigenvalue weighted by molar-refractivity contribution is -0.312. The van der Waals surface area contributed by atoms with Crippen LogP contribution in [0.1, 0.15) is 38.2 Å². The number of ether oxygens (including phenoxy) is 1. The Bertz CT molecular complexity index is 476. The standard InChI is InChI=1S/C17H25NO2/c1-13-12-18(2)20-17(10-5-4-9-16(13)17)14-7-6-8-15(11-14)19-3/h6-8,11,13,16H,4-5,9-10,12H2,1-3H3/t13?,16-,17-/m1/s1. The Morgan fingerprint density at radius 2 is 2.20 bits per heavy atom. The lowest BCUT2D eigenvalue weighted by atomic mass is 9.66. The Morgan fingerprint density at radius 3 is 3.00 bits per heavy atom. The van der Waals surface area contributed by atoms with E-state index in [-0.39, 0.29) is 5.60 Å². The summed E-state index contributed by atoms with van der Waals surface area (Å²) in [4.78, 5) is 6.41. The summed E-state index contributed by atoms with van der Waals surface area (Å²) in [5.41, 5.74) is 1.12. The molecule has 0 aromatic heterocycles. The van der Waals surface area contributed by atoms with Crippen molar-refractivity contribution in [1.29, 1.82) is 0 Å². The first kappa shape index (κ1) is 13.9. The average molecular weight is 275 g/mol. The maximum Gasteiger partial charge on any atom is 0.119 e. The SMILES string of the molecule is COc1cccc([C@]23CCCC[C@@H]2C(C)CN(C)O3)c1. The van der Waals surface area contributed by atoms with E-state index < -0.39 is 0 Å². The summed E-state index contributed by atoms with van der Waals surface area (Å²) >= 11 is 0. The molecule has 1 saturated heterocycles. The highest BCUT2D eigenvalue weighted by atomic mass is 16.7. The summed E-state index contributed by atoms with van der Waals surface area (Å²) in [5, 5.41) is 2.03. The number of hydroxylamine groups is 2. The van der Waals surface area contributed by atoms with Crippen LogP contribution < -0.4 is 4.74 Å². The Labute approximate surface area is 121 Å². The highest BCUT2D eigenvalue weighted by molar-refractivity contribution is 5.34. The second kappa shape index (κ2) is 5.38. The first-order valence-corrected chi connectivity index (χ1v) is 7.70. The smallest absolute Gasteiger partial charge is 0.119 e. The molecule has 1 heterocycles. The molecule has 1 aliphatic carbocycles. The molecule has 3 atom stereocenters. The van der Waals surface area contributed by atoms with Gasteiger partial charge < -0.3 is 4.74 Å². The Morgan fingerprint density at radius 1 is 1.35 bits per heavy atom. The second-order valence-corrected chi connectivity index (χ2v) is 6.35. The van der Waals surface area contributed by atoms with Crippen molar-refractivity contribution in [2.75, 3.05) is 20.7 Å². The van der Waals surface area contributed by atoms with Crippen LogP contribution in [0.2, 0.25) is 0 Å². The summed E-state index contributed by atoms with van der Waals surface area (Å²) in [5.74, 6) is 2.20. The number of nitrogens with zero attached hydrogens (tertiary/aromatic N) is 1. The molecule has 1 aromatic carbocycles. The lowest BCUT2D eigenvalue weighted by Crippen LogP contribution is -2.53. The monoisotopic (exact) mass is 275 g/mol. The van der Waals surface area contributed by atoms with E-state index in [1.54, 1.807) is 7.11 Å². The summed E-state index contributed by atoms with van der Waals surface area (Å²) in [6.45, 7) is 3.39. The number of benzene rings is 1. The lowest BCUT2D eigenvalue weighted by Gasteiger charge is -2.52. The van der Waals surface area contributed by atoms with Gasteiger partial charge in [-0.05, 0) is 42.4 Å². The molecule has 0 bridgehead atoms. The van der Waals surface area contributed by atoms with Gasteiger partial charge in [-0.25, -0.2) is 0 Å². The molecule has 2 aliphatic rings. The van der Waals surface area contributed by atoms with Crippen LogP contribution in [-0.2, 0) is 10.4 Å². The van der Waals surface area contributed by atoms with E-state index >= 15 is 0 Å². The molecule has 0 N–H and O–H groups in total. The Kier molecular flexibility index (Phi) is 3.74. The maximum absolute atomic E-state index is 6.41. The third-order valence-corrected chi connectivity index (χ3v) is 5.02. The molecular formula is C17H25NO2. The van der Waals surface area contributed by atoms with E-state index in [4.69, 9.17) is 9.57 Å². The van der Waals surface area contributed by atoms with Crippen LogP contribution in [0.25, 0.3) is 0 Å². The van der Waals surface area contributed by atoms with Crippen LogP contribution >= 0.6 is 0 Å². The minimum atomic E-state index is -0.154. The molecule has 20 heavy (non-hydrogen) atoms. The van der Waals surface area contributed by atoms with E-state index in [0.29, 0.717) is 11.8 Å². The molecule has 0 amide bonds. The third kappa shape index (κ3) is 2.23. The van der Waals surface area contributed by atoms with E-state index in [0.717, 1.165) is 18.7 Å². The van der Waals surface area contributed by atoms with Crippen molar-refractivity contribution in [1.82, 2.24) is 5.06 Å². The minimum absolute atomic E-state index is 0.154. The van der Waals surface area contributed by atoms with Gasteiger partial charge in [0.05, 0.1) is 7.11 Å². The van der Waals surface area contributed by atoms with Gasteiger partial charge in [-0.1, -0.05) is 31.9 Å². The van der Waals surface area contributed by atoms with Gasteiger partial charge in [0.15, 0.2) is 0 Å². The highest BCUT2D eigenvalue weighted by Crippen LogP contribution is 2.51. The van der Waals surface area contributed by atoms with Gasteiger partial charge in [-0.2, -0.15) is 5.06 Å². The molecule has 1 aliphatic heterocycles. The fourth-order valence-electron chi connectivity index (χ4n) is 4.17. The molecule has 1 unspecified atom stereocenters. The van der Waals surface area contributed by atoms with Crippen LogP contribution in [-0.4, -0.2) is 25.8 Å². The van der Waals surface area contributed by atoms with Gasteiger partial charge in [-0.15, -0.1) is 0 Å². The summed E-state index contributed by atoms with van der Waals surface area (Å²) in [6.07, 6.45) is 4.95. The maximum atomic E-state index is 6.41. The largest absolute Gasteiger partial charge is 0.497 e. The zero-order valence-electron chi connectivity index (χ0n) is 12.8. The number of fused-ring (bicyclic) bond motifs is 1. The van der Waals surface area contributed by atoms with E-state index in [1.807, 2.05) is 11.1 Å². The van der Waals surface area contributed by atoms with Gasteiger partial charge in [0.25, 0.3) is 0 Å². The Balaban J connectivity index is 2.03. The predicted molar refractivity (Wildman–Crippen MR) is 79.5 cm³/mol. The van der Waals surface area contributed by atoms with Gasteiger partial charge >= 0.3 is 0 Å². The van der Waals surface area contributed by atoms with E-state index in [1.165, 1.54) is 24.8 Å². The van der Waals surface area contributed by atoms with Crippen molar-refractivity contribution in [3.63, 3.8) is 0 Å². The van der Waals surface area contributed by atoms with Crippen LogP contribution in [0.3, 0.4) is 0 Å². The molecular weight excluding hydrogens is 250 g/mol. The predicted octanol–water partition coefficient (Wildman–Crippen LogP) is 3.59. The van der Waals surface area contributed by atoms with Crippen LogP contribution in [0.15, 0.2) is 24.3 Å². The van der Waals surface area contributed by atoms with Crippen LogP contribution in [0.5, 0.6) is 5.75 Å². The molecule has 110 valence electrons. The first-order chi connectivity index (χ1) is 9.65. The van der Waals surface area contributed by atoms with Crippen LogP contribution in [0.4, 0.5) is 0 Å². The molecule has 3 nitrogen and oxygen atoms in total. The van der Waals surface area contributed by atoms with Crippen molar-refractivity contribution in [3.8, 4) is 5.75 Å². The van der Waals surface area contributed by atoms with Crippen molar-refractivity contribution in [3.05, 3.63) is 29.8 Å². The molecule has 2 fully saturated rings. The fraction of sp³-hybridized carbons (Fsp3) is 0.647. The molecule has 3 rings (SSSR count). The summed E-state index contributed by atoms with van der Waals surface area (Å²) in [7, 11) is 3.79. The number of methoxy groups -OCH3 is 1. The van der Waals surface area contributed by atoms with Gasteiger partial charge in [0, 0.05) is 13.6 Å². The third-order valence-electron chi connectivity index (χ3n) is 5.02. The number of hydrogen-bond acceptors (Lipinski definition) is 3. The zero-order chi connectivity index (χ0) is 14.2. The fourth-order valence-corrected chi connectivity index (χ4v) is 4.17. The van der Waals surface area contributed by atoms with E-state index in [2.05, 4.69) is 32.2 Å². The topological polar surface area (TPSA) is 21.7 Å². The average Bonchev–Trinajstić information content (AvgIpc) is 2.47. The summed E-state index contributed by atoms with van der Waals surface area (Å²) in [6, 6.07) is 8.45. The summed E-state index contributed by atoms with van der Waals surface area (Å²) < 4.78 is 5.41. The number of rotatable bonds is 2. The normalized spacial score (nSPS) is 34.5. The molecule has 0 spiro atoms. The second-order valence-electron chi connectivity index (χ2n) is 6.35. The quantitative estimate of drug-likeness (QED) is 0.823. The zero-order valence-corrected chi connectivity index (χ0v) is 12.8. The molecule has 0 radical (unpaired) electrons. The van der Waals surface area contributed by atoms with Crippen molar-refractivity contribution in [2.45, 2.75) is 38.2 Å². The first-order valence-electron chi connectivity index (χ1n) is 7.70. The minimum Gasteiger partial charge on any atom is -0.497 e. The van der Waals surface area contributed by atoms with Gasteiger partial charge in [0.2, 0.25) is 0 Å². The van der Waals surface area contributed by atoms with E-state index in [9.17, 15) is 0 Å². The molecule has 1 saturated carbocycles. The number of hydrogen-bond donors (Lipinski definition) is 0. The van der Waals surface area contributed by atoms with Gasteiger partial charge in [-0.3, -0.25) is 4.84 Å². The van der Waals surface area contributed by atoms with Gasteiger partial charge in [0.1, 0.15) is 11.4 Å². The molecule has 3 heteroatoms. The highest BCUT2D eigenvalue weighted by Gasteiger charge is 2.50. The Hall–Kier alpha value is -1.06. The van der Waals surface area contributed by atoms with Crippen molar-refractivity contribution >= 4 is 0 Å². The molecule has 1 aromatic rings. The van der Waals surface area contributed by atoms with Crippen molar-refractivity contribution < 1.29 is 9.57 Å². The van der Waals surface area contributed by atoms with Crippen molar-refractivity contribution in [2.24, 2.45) is 11.8 Å². The van der Waals surface area contributed by atoms with Crippen LogP contribution in [0, 0.1) is 11.8 Å².